The molecular formula is C20H21N5O4S. The van der Waals surface area contributed by atoms with Crippen LogP contribution in [0, 0.1) is 14.9 Å². The van der Waals surface area contributed by atoms with E-state index in [0.717, 1.165) is 5.56 Å². The van der Waals surface area contributed by atoms with Crippen LogP contribution in [0.3, 0.4) is 0 Å². The summed E-state index contributed by atoms with van der Waals surface area (Å²) in [5, 5.41) is 22.9. The maximum atomic E-state index is 11.5. The molecule has 9 nitrogen and oxygen atoms in total. The number of aromatic amines is 1. The molecule has 0 aliphatic rings. The van der Waals surface area contributed by atoms with E-state index < -0.39 is 4.92 Å². The SMILES string of the molecule is CCOc1cc(/C=N\n2c(Cc3ccccc3)n[nH]c2=S)cc([N+](=O)[O-])c1OCC. The molecule has 156 valence electrons. The zero-order chi connectivity index (χ0) is 21.5. The minimum atomic E-state index is -0.505. The molecule has 0 saturated carbocycles. The lowest BCUT2D eigenvalue weighted by Crippen LogP contribution is -2.04. The minimum absolute atomic E-state index is 0.103. The Morgan fingerprint density at radius 2 is 1.97 bits per heavy atom. The smallest absolute Gasteiger partial charge is 0.315 e. The van der Waals surface area contributed by atoms with Crippen molar-refractivity contribution in [3.8, 4) is 11.5 Å². The summed E-state index contributed by atoms with van der Waals surface area (Å²) in [7, 11) is 0. The van der Waals surface area contributed by atoms with Gasteiger partial charge in [0.1, 0.15) is 0 Å². The van der Waals surface area contributed by atoms with Crippen LogP contribution in [0.4, 0.5) is 5.69 Å². The summed E-state index contributed by atoms with van der Waals surface area (Å²) in [6.07, 6.45) is 2.00. The highest BCUT2D eigenvalue weighted by molar-refractivity contribution is 7.71. The monoisotopic (exact) mass is 427 g/mol. The molecule has 0 unspecified atom stereocenters. The Morgan fingerprint density at radius 3 is 2.63 bits per heavy atom. The Labute approximate surface area is 178 Å². The van der Waals surface area contributed by atoms with Gasteiger partial charge < -0.3 is 9.47 Å². The van der Waals surface area contributed by atoms with E-state index in [9.17, 15) is 10.1 Å². The normalized spacial score (nSPS) is 11.0. The van der Waals surface area contributed by atoms with Gasteiger partial charge in [0.25, 0.3) is 0 Å². The van der Waals surface area contributed by atoms with Crippen molar-refractivity contribution >= 4 is 24.1 Å². The summed E-state index contributed by atoms with van der Waals surface area (Å²) in [5.41, 5.74) is 1.34. The highest BCUT2D eigenvalue weighted by Crippen LogP contribution is 2.38. The summed E-state index contributed by atoms with van der Waals surface area (Å²) >= 11 is 5.27. The number of hydrogen-bond acceptors (Lipinski definition) is 7. The first kappa shape index (κ1) is 21.2. The number of hydrogen-bond donors (Lipinski definition) is 1. The molecule has 1 aromatic heterocycles. The third kappa shape index (κ3) is 4.90. The van der Waals surface area contributed by atoms with Crippen LogP contribution in [-0.2, 0) is 6.42 Å². The topological polar surface area (TPSA) is 108 Å². The zero-order valence-corrected chi connectivity index (χ0v) is 17.4. The Kier molecular flexibility index (Phi) is 6.91. The minimum Gasteiger partial charge on any atom is -0.490 e. The van der Waals surface area contributed by atoms with E-state index in [1.807, 2.05) is 30.3 Å². The van der Waals surface area contributed by atoms with E-state index in [-0.39, 0.29) is 23.8 Å². The van der Waals surface area contributed by atoms with Crippen LogP contribution in [0.5, 0.6) is 11.5 Å². The molecule has 0 aliphatic heterocycles. The fourth-order valence-corrected chi connectivity index (χ4v) is 3.03. The van der Waals surface area contributed by atoms with Gasteiger partial charge in [-0.15, -0.1) is 0 Å². The van der Waals surface area contributed by atoms with E-state index in [2.05, 4.69) is 15.3 Å². The standard InChI is InChI=1S/C20H21N5O4S/c1-3-28-17-11-15(10-16(25(26)27)19(17)29-4-2)13-21-24-18(22-23-20(24)30)12-14-8-6-5-7-9-14/h5-11,13H,3-4,12H2,1-2H3,(H,23,30)/b21-13-. The van der Waals surface area contributed by atoms with E-state index >= 15 is 0 Å². The van der Waals surface area contributed by atoms with Crippen LogP contribution >= 0.6 is 12.2 Å². The third-order valence-corrected chi connectivity index (χ3v) is 4.35. The van der Waals surface area contributed by atoms with Gasteiger partial charge >= 0.3 is 5.69 Å². The number of nitro benzene ring substituents is 1. The quantitative estimate of drug-likeness (QED) is 0.238. The van der Waals surface area contributed by atoms with Crippen LogP contribution in [0.2, 0.25) is 0 Å². The van der Waals surface area contributed by atoms with E-state index in [1.54, 1.807) is 19.9 Å². The van der Waals surface area contributed by atoms with Crippen LogP contribution in [-0.4, -0.2) is 39.2 Å². The van der Waals surface area contributed by atoms with Crippen molar-refractivity contribution < 1.29 is 14.4 Å². The molecule has 0 bridgehead atoms. The first-order valence-corrected chi connectivity index (χ1v) is 9.76. The molecule has 0 spiro atoms. The highest BCUT2D eigenvalue weighted by Gasteiger charge is 2.22. The molecule has 3 aromatic rings. The predicted molar refractivity (Wildman–Crippen MR) is 115 cm³/mol. The van der Waals surface area contributed by atoms with Crippen LogP contribution in [0.25, 0.3) is 0 Å². The average Bonchev–Trinajstić information content (AvgIpc) is 3.08. The predicted octanol–water partition coefficient (Wildman–Crippen LogP) is 4.12. The number of aromatic nitrogens is 3. The van der Waals surface area contributed by atoms with Crippen LogP contribution in [0.1, 0.15) is 30.8 Å². The Morgan fingerprint density at radius 1 is 1.23 bits per heavy atom. The summed E-state index contributed by atoms with van der Waals surface area (Å²) < 4.78 is 12.8. The van der Waals surface area contributed by atoms with Crippen molar-refractivity contribution in [2.75, 3.05) is 13.2 Å². The van der Waals surface area contributed by atoms with Crippen molar-refractivity contribution in [3.05, 3.63) is 74.3 Å². The molecule has 0 aliphatic carbocycles. The second-order valence-corrected chi connectivity index (χ2v) is 6.54. The fourth-order valence-electron chi connectivity index (χ4n) is 2.83. The number of nitrogens with zero attached hydrogens (tertiary/aromatic N) is 4. The molecular weight excluding hydrogens is 406 g/mol. The maximum absolute atomic E-state index is 11.5. The molecule has 0 fully saturated rings. The molecule has 1 heterocycles. The van der Waals surface area contributed by atoms with Gasteiger partial charge in [-0.25, -0.2) is 0 Å². The van der Waals surface area contributed by atoms with Crippen molar-refractivity contribution in [1.29, 1.82) is 0 Å². The largest absolute Gasteiger partial charge is 0.490 e. The van der Waals surface area contributed by atoms with Crippen molar-refractivity contribution in [1.82, 2.24) is 14.9 Å². The molecule has 0 radical (unpaired) electrons. The van der Waals surface area contributed by atoms with Crippen molar-refractivity contribution in [2.24, 2.45) is 5.10 Å². The second kappa shape index (κ2) is 9.79. The lowest BCUT2D eigenvalue weighted by molar-refractivity contribution is -0.385. The molecule has 30 heavy (non-hydrogen) atoms. The van der Waals surface area contributed by atoms with Gasteiger partial charge in [-0.2, -0.15) is 14.9 Å². The van der Waals surface area contributed by atoms with E-state index in [0.29, 0.717) is 29.2 Å². The third-order valence-electron chi connectivity index (χ3n) is 4.09. The summed E-state index contributed by atoms with van der Waals surface area (Å²) in [6, 6.07) is 12.8. The lowest BCUT2D eigenvalue weighted by Gasteiger charge is -2.11. The Hall–Kier alpha value is -3.53. The maximum Gasteiger partial charge on any atom is 0.315 e. The number of nitrogens with one attached hydrogen (secondary N) is 1. The molecule has 10 heteroatoms. The number of rotatable bonds is 9. The molecule has 1 N–H and O–H groups in total. The van der Waals surface area contributed by atoms with Crippen LogP contribution < -0.4 is 9.47 Å². The molecule has 0 saturated heterocycles. The van der Waals surface area contributed by atoms with Gasteiger partial charge in [0.05, 0.1) is 24.4 Å². The summed E-state index contributed by atoms with van der Waals surface area (Å²) in [4.78, 5) is 11.0. The Bertz CT molecular complexity index is 1110. The zero-order valence-electron chi connectivity index (χ0n) is 16.6. The van der Waals surface area contributed by atoms with Gasteiger partial charge in [0, 0.05) is 18.1 Å². The lowest BCUT2D eigenvalue weighted by atomic mass is 10.1. The molecule has 3 rings (SSSR count). The number of benzene rings is 2. The first-order chi connectivity index (χ1) is 14.5. The van der Waals surface area contributed by atoms with Crippen molar-refractivity contribution in [2.45, 2.75) is 20.3 Å². The van der Waals surface area contributed by atoms with Gasteiger partial charge in [-0.05, 0) is 37.7 Å². The van der Waals surface area contributed by atoms with E-state index in [1.165, 1.54) is 17.0 Å². The van der Waals surface area contributed by atoms with Gasteiger partial charge in [-0.3, -0.25) is 15.2 Å². The van der Waals surface area contributed by atoms with Crippen molar-refractivity contribution in [3.63, 3.8) is 0 Å². The van der Waals surface area contributed by atoms with Gasteiger partial charge in [-0.1, -0.05) is 30.3 Å². The molecule has 0 atom stereocenters. The highest BCUT2D eigenvalue weighted by atomic mass is 32.1. The van der Waals surface area contributed by atoms with Gasteiger partial charge in [0.15, 0.2) is 11.6 Å². The molecule has 0 amide bonds. The number of H-pyrrole nitrogens is 1. The molecule has 2 aromatic carbocycles. The average molecular weight is 427 g/mol. The summed E-state index contributed by atoms with van der Waals surface area (Å²) in [5.74, 6) is 1.01. The first-order valence-electron chi connectivity index (χ1n) is 9.36. The van der Waals surface area contributed by atoms with Gasteiger partial charge in [0.2, 0.25) is 10.5 Å². The van der Waals surface area contributed by atoms with E-state index in [4.69, 9.17) is 21.7 Å². The fraction of sp³-hybridized carbons (Fsp3) is 0.250. The Balaban J connectivity index is 1.97. The second-order valence-electron chi connectivity index (χ2n) is 6.15. The summed E-state index contributed by atoms with van der Waals surface area (Å²) in [6.45, 7) is 4.17. The van der Waals surface area contributed by atoms with Crippen LogP contribution in [0.15, 0.2) is 47.6 Å². The number of ether oxygens (including phenoxy) is 2. The number of nitro groups is 1.